The van der Waals surface area contributed by atoms with Gasteiger partial charge in [-0.3, -0.25) is 0 Å². The largest absolute Gasteiger partial charge is 0.380 e. The number of ether oxygens (including phenoxy) is 1. The molecule has 1 saturated heterocycles. The third-order valence-corrected chi connectivity index (χ3v) is 4.46. The fraction of sp³-hybridized carbons (Fsp3) is 0.846. The van der Waals surface area contributed by atoms with Crippen LogP contribution in [0.1, 0.15) is 51.4 Å². The highest BCUT2D eigenvalue weighted by Crippen LogP contribution is 2.52. The van der Waals surface area contributed by atoms with Gasteiger partial charge in [0.2, 0.25) is 0 Å². The van der Waals surface area contributed by atoms with Crippen molar-refractivity contribution in [2.45, 2.75) is 45.6 Å². The standard InChI is InChI=1S/C13H21N3O/c1-9(2)10(3)12-14-8-16(15-12)11-4-13(5-11)6-17-7-13/h8-11H,4-7H2,1-3H3. The summed E-state index contributed by atoms with van der Waals surface area (Å²) in [4.78, 5) is 4.45. The Morgan fingerprint density at radius 1 is 1.35 bits per heavy atom. The predicted molar refractivity (Wildman–Crippen MR) is 64.8 cm³/mol. The Morgan fingerprint density at radius 2 is 2.06 bits per heavy atom. The molecular weight excluding hydrogens is 214 g/mol. The van der Waals surface area contributed by atoms with Gasteiger partial charge in [0, 0.05) is 11.3 Å². The van der Waals surface area contributed by atoms with Crippen LogP contribution < -0.4 is 0 Å². The average molecular weight is 235 g/mol. The van der Waals surface area contributed by atoms with Crippen molar-refractivity contribution < 1.29 is 4.74 Å². The van der Waals surface area contributed by atoms with Crippen molar-refractivity contribution in [3.63, 3.8) is 0 Å². The molecule has 4 nitrogen and oxygen atoms in total. The third kappa shape index (κ3) is 1.79. The van der Waals surface area contributed by atoms with E-state index in [4.69, 9.17) is 4.74 Å². The summed E-state index contributed by atoms with van der Waals surface area (Å²) >= 11 is 0. The highest BCUT2D eigenvalue weighted by Gasteiger charge is 2.50. The highest BCUT2D eigenvalue weighted by atomic mass is 16.5. The van der Waals surface area contributed by atoms with Gasteiger partial charge in [-0.15, -0.1) is 0 Å². The van der Waals surface area contributed by atoms with Crippen LogP contribution in [0, 0.1) is 11.3 Å². The van der Waals surface area contributed by atoms with Crippen LogP contribution in [0.3, 0.4) is 0 Å². The van der Waals surface area contributed by atoms with Crippen LogP contribution in [0.25, 0.3) is 0 Å². The lowest BCUT2D eigenvalue weighted by molar-refractivity contribution is -0.176. The lowest BCUT2D eigenvalue weighted by Gasteiger charge is -2.52. The molecule has 2 fully saturated rings. The number of nitrogens with zero attached hydrogens (tertiary/aromatic N) is 3. The number of rotatable bonds is 3. The van der Waals surface area contributed by atoms with Gasteiger partial charge in [-0.05, 0) is 18.8 Å². The predicted octanol–water partition coefficient (Wildman–Crippen LogP) is 2.39. The molecule has 4 heteroatoms. The van der Waals surface area contributed by atoms with Gasteiger partial charge in [-0.2, -0.15) is 5.10 Å². The summed E-state index contributed by atoms with van der Waals surface area (Å²) in [7, 11) is 0. The SMILES string of the molecule is CC(C)C(C)c1ncn(C2CC3(COC3)C2)n1. The van der Waals surface area contributed by atoms with Crippen molar-refractivity contribution in [2.75, 3.05) is 13.2 Å². The van der Waals surface area contributed by atoms with Gasteiger partial charge in [0.25, 0.3) is 0 Å². The highest BCUT2D eigenvalue weighted by molar-refractivity contribution is 5.02. The minimum absolute atomic E-state index is 0.442. The van der Waals surface area contributed by atoms with Crippen molar-refractivity contribution in [2.24, 2.45) is 11.3 Å². The molecule has 1 saturated carbocycles. The molecule has 1 unspecified atom stereocenters. The fourth-order valence-electron chi connectivity index (χ4n) is 2.72. The van der Waals surface area contributed by atoms with Crippen LogP contribution in [-0.4, -0.2) is 28.0 Å². The van der Waals surface area contributed by atoms with Gasteiger partial charge in [-0.25, -0.2) is 9.67 Å². The first-order valence-electron chi connectivity index (χ1n) is 6.58. The molecule has 1 aromatic heterocycles. The van der Waals surface area contributed by atoms with E-state index in [1.165, 1.54) is 12.8 Å². The molecule has 2 aliphatic rings. The summed E-state index contributed by atoms with van der Waals surface area (Å²) in [6.07, 6.45) is 4.34. The summed E-state index contributed by atoms with van der Waals surface area (Å²) < 4.78 is 7.36. The summed E-state index contributed by atoms with van der Waals surface area (Å²) in [5.74, 6) is 2.03. The number of hydrogen-bond acceptors (Lipinski definition) is 3. The Bertz CT molecular complexity index is 401. The molecule has 17 heavy (non-hydrogen) atoms. The van der Waals surface area contributed by atoms with Gasteiger partial charge in [0.1, 0.15) is 6.33 Å². The molecular formula is C13H21N3O. The minimum Gasteiger partial charge on any atom is -0.380 e. The number of aromatic nitrogens is 3. The Labute approximate surface area is 102 Å². The summed E-state index contributed by atoms with van der Waals surface area (Å²) in [6, 6.07) is 0.555. The lowest BCUT2D eigenvalue weighted by Crippen LogP contribution is -2.52. The molecule has 1 aromatic rings. The second-order valence-corrected chi connectivity index (χ2v) is 6.17. The topological polar surface area (TPSA) is 39.9 Å². The molecule has 1 atom stereocenters. The molecule has 1 spiro atoms. The fourth-order valence-corrected chi connectivity index (χ4v) is 2.72. The van der Waals surface area contributed by atoms with Crippen LogP contribution in [0.5, 0.6) is 0 Å². The summed E-state index contributed by atoms with van der Waals surface area (Å²) in [5.41, 5.74) is 0.500. The maximum absolute atomic E-state index is 5.29. The van der Waals surface area contributed by atoms with Crippen molar-refractivity contribution in [3.05, 3.63) is 12.2 Å². The Kier molecular flexibility index (Phi) is 2.51. The Morgan fingerprint density at radius 3 is 2.59 bits per heavy atom. The molecule has 0 aromatic carbocycles. The van der Waals surface area contributed by atoms with Gasteiger partial charge in [0.15, 0.2) is 5.82 Å². The first kappa shape index (κ1) is 11.2. The maximum Gasteiger partial charge on any atom is 0.153 e. The van der Waals surface area contributed by atoms with E-state index in [1.807, 2.05) is 6.33 Å². The van der Waals surface area contributed by atoms with Gasteiger partial charge < -0.3 is 4.74 Å². The smallest absolute Gasteiger partial charge is 0.153 e. The van der Waals surface area contributed by atoms with E-state index in [0.29, 0.717) is 23.3 Å². The van der Waals surface area contributed by atoms with Crippen molar-refractivity contribution >= 4 is 0 Å². The maximum atomic E-state index is 5.29. The zero-order valence-corrected chi connectivity index (χ0v) is 10.9. The second-order valence-electron chi connectivity index (χ2n) is 6.17. The first-order chi connectivity index (χ1) is 8.10. The Hall–Kier alpha value is -0.900. The third-order valence-electron chi connectivity index (χ3n) is 4.46. The first-order valence-corrected chi connectivity index (χ1v) is 6.58. The molecule has 1 aliphatic heterocycles. The van der Waals surface area contributed by atoms with E-state index >= 15 is 0 Å². The molecule has 0 radical (unpaired) electrons. The van der Waals surface area contributed by atoms with Crippen LogP contribution in [0.4, 0.5) is 0 Å². The molecule has 0 amide bonds. The molecule has 0 bridgehead atoms. The van der Waals surface area contributed by atoms with Gasteiger partial charge in [0.05, 0.1) is 19.3 Å². The van der Waals surface area contributed by atoms with Crippen LogP contribution in [0.2, 0.25) is 0 Å². The quantitative estimate of drug-likeness (QED) is 0.807. The molecule has 3 rings (SSSR count). The van der Waals surface area contributed by atoms with Crippen LogP contribution in [-0.2, 0) is 4.74 Å². The molecule has 1 aliphatic carbocycles. The van der Waals surface area contributed by atoms with Crippen LogP contribution in [0.15, 0.2) is 6.33 Å². The van der Waals surface area contributed by atoms with E-state index in [-0.39, 0.29) is 0 Å². The van der Waals surface area contributed by atoms with E-state index in [0.717, 1.165) is 19.0 Å². The second kappa shape index (κ2) is 3.80. The van der Waals surface area contributed by atoms with Gasteiger partial charge >= 0.3 is 0 Å². The lowest BCUT2D eigenvalue weighted by atomic mass is 9.64. The van der Waals surface area contributed by atoms with E-state index in [1.54, 1.807) is 0 Å². The zero-order valence-electron chi connectivity index (χ0n) is 10.9. The molecule has 2 heterocycles. The number of hydrogen-bond donors (Lipinski definition) is 0. The zero-order chi connectivity index (χ0) is 12.0. The minimum atomic E-state index is 0.442. The molecule has 94 valence electrons. The summed E-state index contributed by atoms with van der Waals surface area (Å²) in [5, 5.41) is 4.64. The van der Waals surface area contributed by atoms with E-state index < -0.39 is 0 Å². The monoisotopic (exact) mass is 235 g/mol. The van der Waals surface area contributed by atoms with E-state index in [9.17, 15) is 0 Å². The van der Waals surface area contributed by atoms with Crippen molar-refractivity contribution in [1.29, 1.82) is 0 Å². The summed E-state index contributed by atoms with van der Waals surface area (Å²) in [6.45, 7) is 8.54. The van der Waals surface area contributed by atoms with Crippen molar-refractivity contribution in [1.82, 2.24) is 14.8 Å². The van der Waals surface area contributed by atoms with Crippen LogP contribution >= 0.6 is 0 Å². The normalized spacial score (nSPS) is 24.7. The Balaban J connectivity index is 1.65. The average Bonchev–Trinajstić information content (AvgIpc) is 2.61. The van der Waals surface area contributed by atoms with Crippen molar-refractivity contribution in [3.8, 4) is 0 Å². The molecule has 0 N–H and O–H groups in total. The van der Waals surface area contributed by atoms with E-state index in [2.05, 4.69) is 35.5 Å². The van der Waals surface area contributed by atoms with Gasteiger partial charge in [-0.1, -0.05) is 20.8 Å².